The lowest BCUT2D eigenvalue weighted by Gasteiger charge is -2.36. The quantitative estimate of drug-likeness (QED) is 0.791. The van der Waals surface area contributed by atoms with Crippen LogP contribution < -0.4 is 4.90 Å². The van der Waals surface area contributed by atoms with Crippen molar-refractivity contribution in [3.05, 3.63) is 24.4 Å². The Kier molecular flexibility index (Phi) is 5.93. The lowest BCUT2D eigenvalue weighted by Crippen LogP contribution is -2.50. The molecule has 6 nitrogen and oxygen atoms in total. The van der Waals surface area contributed by atoms with E-state index in [1.165, 1.54) is 5.69 Å². The van der Waals surface area contributed by atoms with Crippen LogP contribution in [0.3, 0.4) is 0 Å². The summed E-state index contributed by atoms with van der Waals surface area (Å²) in [7, 11) is 1.95. The molecule has 138 valence electrons. The number of amides is 1. The molecule has 2 aromatic rings. The van der Waals surface area contributed by atoms with Gasteiger partial charge in [-0.05, 0) is 39.0 Å². The van der Waals surface area contributed by atoms with Gasteiger partial charge in [0.1, 0.15) is 5.60 Å². The van der Waals surface area contributed by atoms with Crippen LogP contribution in [-0.2, 0) is 11.8 Å². The summed E-state index contributed by atoms with van der Waals surface area (Å²) in [5, 5.41) is 5.42. The first-order valence-corrected chi connectivity index (χ1v) is 8.98. The summed E-state index contributed by atoms with van der Waals surface area (Å²) < 4.78 is 7.32. The van der Waals surface area contributed by atoms with Crippen LogP contribution in [0.5, 0.6) is 0 Å². The number of nitrogens with zero attached hydrogens (tertiary/aromatic N) is 4. The smallest absolute Gasteiger partial charge is 0.410 e. The molecular weight excluding hydrogens is 316 g/mol. The largest absolute Gasteiger partial charge is 0.444 e. The number of anilines is 1. The average Bonchev–Trinajstić information content (AvgIpc) is 2.96. The standard InChI is InChI=1S/C17H24N4O2.C2H6/c1-17(2,3)23-16(22)21-9-7-20(8-10-21)14-6-5-13-12-18-19(4)15(13)11-14;1-2/h5-6,11-12H,7-10H2,1-4H3;1-2H3. The number of ether oxygens (including phenoxy) is 1. The van der Waals surface area contributed by atoms with Crippen LogP contribution in [0.15, 0.2) is 24.4 Å². The second kappa shape index (κ2) is 7.76. The predicted octanol–water partition coefficient (Wildman–Crippen LogP) is 3.66. The second-order valence-corrected chi connectivity index (χ2v) is 6.97. The highest BCUT2D eigenvalue weighted by Gasteiger charge is 2.26. The predicted molar refractivity (Wildman–Crippen MR) is 102 cm³/mol. The molecule has 0 bridgehead atoms. The molecule has 0 saturated carbocycles. The van der Waals surface area contributed by atoms with Crippen LogP contribution >= 0.6 is 0 Å². The number of aryl methyl sites for hydroxylation is 1. The fraction of sp³-hybridized carbons (Fsp3) is 0.579. The first-order valence-electron chi connectivity index (χ1n) is 8.98. The molecule has 1 fully saturated rings. The fourth-order valence-corrected chi connectivity index (χ4v) is 2.80. The minimum Gasteiger partial charge on any atom is -0.444 e. The lowest BCUT2D eigenvalue weighted by atomic mass is 10.2. The van der Waals surface area contributed by atoms with Crippen molar-refractivity contribution in [1.82, 2.24) is 14.7 Å². The van der Waals surface area contributed by atoms with Crippen LogP contribution in [0.2, 0.25) is 0 Å². The lowest BCUT2D eigenvalue weighted by molar-refractivity contribution is 0.0240. The molecule has 3 rings (SSSR count). The van der Waals surface area contributed by atoms with Gasteiger partial charge in [0.25, 0.3) is 0 Å². The van der Waals surface area contributed by atoms with Gasteiger partial charge in [0, 0.05) is 44.3 Å². The van der Waals surface area contributed by atoms with Gasteiger partial charge in [0.15, 0.2) is 0 Å². The Hall–Kier alpha value is -2.24. The summed E-state index contributed by atoms with van der Waals surface area (Å²) in [6.45, 7) is 12.7. The molecule has 0 aliphatic carbocycles. The van der Waals surface area contributed by atoms with E-state index in [0.717, 1.165) is 24.0 Å². The number of hydrogen-bond acceptors (Lipinski definition) is 4. The van der Waals surface area contributed by atoms with Gasteiger partial charge in [0.05, 0.1) is 11.7 Å². The highest BCUT2D eigenvalue weighted by Crippen LogP contribution is 2.23. The van der Waals surface area contributed by atoms with Crippen LogP contribution in [0, 0.1) is 0 Å². The number of fused-ring (bicyclic) bond motifs is 1. The van der Waals surface area contributed by atoms with Crippen molar-refractivity contribution in [2.24, 2.45) is 7.05 Å². The fourth-order valence-electron chi connectivity index (χ4n) is 2.80. The van der Waals surface area contributed by atoms with E-state index in [0.29, 0.717) is 13.1 Å². The van der Waals surface area contributed by atoms with Crippen molar-refractivity contribution >= 4 is 22.7 Å². The number of aromatic nitrogens is 2. The Morgan fingerprint density at radius 3 is 2.36 bits per heavy atom. The SMILES string of the molecule is CC.Cn1ncc2ccc(N3CCN(C(=O)OC(C)(C)C)CC3)cc21. The zero-order chi connectivity index (χ0) is 18.6. The van der Waals surface area contributed by atoms with Gasteiger partial charge in [0.2, 0.25) is 0 Å². The normalized spacial score (nSPS) is 15.0. The van der Waals surface area contributed by atoms with Crippen LogP contribution in [-0.4, -0.2) is 52.6 Å². The maximum atomic E-state index is 12.1. The van der Waals surface area contributed by atoms with E-state index in [-0.39, 0.29) is 6.09 Å². The molecule has 0 radical (unpaired) electrons. The molecule has 2 heterocycles. The monoisotopic (exact) mass is 346 g/mol. The first-order chi connectivity index (χ1) is 11.8. The molecule has 1 saturated heterocycles. The highest BCUT2D eigenvalue weighted by atomic mass is 16.6. The van der Waals surface area contributed by atoms with Crippen molar-refractivity contribution in [1.29, 1.82) is 0 Å². The van der Waals surface area contributed by atoms with E-state index in [9.17, 15) is 4.79 Å². The molecule has 1 aromatic heterocycles. The van der Waals surface area contributed by atoms with Crippen molar-refractivity contribution in [3.63, 3.8) is 0 Å². The van der Waals surface area contributed by atoms with Gasteiger partial charge in [-0.3, -0.25) is 4.68 Å². The van der Waals surface area contributed by atoms with E-state index in [1.807, 2.05) is 52.5 Å². The summed E-state index contributed by atoms with van der Waals surface area (Å²) in [6, 6.07) is 6.37. The summed E-state index contributed by atoms with van der Waals surface area (Å²) in [6.07, 6.45) is 1.65. The second-order valence-electron chi connectivity index (χ2n) is 6.97. The van der Waals surface area contributed by atoms with E-state index in [2.05, 4.69) is 28.2 Å². The molecule has 25 heavy (non-hydrogen) atoms. The van der Waals surface area contributed by atoms with Gasteiger partial charge in [-0.25, -0.2) is 4.79 Å². The van der Waals surface area contributed by atoms with Crippen molar-refractivity contribution in [3.8, 4) is 0 Å². The van der Waals surface area contributed by atoms with Gasteiger partial charge in [-0.15, -0.1) is 0 Å². The van der Waals surface area contributed by atoms with Crippen molar-refractivity contribution in [2.45, 2.75) is 40.2 Å². The molecular formula is C19H30N4O2. The van der Waals surface area contributed by atoms with Crippen molar-refractivity contribution < 1.29 is 9.53 Å². The first kappa shape index (κ1) is 19.1. The van der Waals surface area contributed by atoms with Crippen LogP contribution in [0.4, 0.5) is 10.5 Å². The average molecular weight is 346 g/mol. The minimum absolute atomic E-state index is 0.223. The third-order valence-corrected chi connectivity index (χ3v) is 4.03. The zero-order valence-corrected chi connectivity index (χ0v) is 16.2. The van der Waals surface area contributed by atoms with E-state index >= 15 is 0 Å². The van der Waals surface area contributed by atoms with Crippen LogP contribution in [0.1, 0.15) is 34.6 Å². The Morgan fingerprint density at radius 2 is 1.76 bits per heavy atom. The van der Waals surface area contributed by atoms with Gasteiger partial charge >= 0.3 is 6.09 Å². The number of carbonyl (C=O) groups excluding carboxylic acids is 1. The van der Waals surface area contributed by atoms with E-state index in [4.69, 9.17) is 4.74 Å². The Labute approximate surface area is 150 Å². The maximum Gasteiger partial charge on any atom is 0.410 e. The number of piperazine rings is 1. The Morgan fingerprint density at radius 1 is 1.12 bits per heavy atom. The molecule has 0 atom stereocenters. The molecule has 1 aliphatic heterocycles. The van der Waals surface area contributed by atoms with Crippen molar-refractivity contribution in [2.75, 3.05) is 31.1 Å². The van der Waals surface area contributed by atoms with Gasteiger partial charge < -0.3 is 14.5 Å². The topological polar surface area (TPSA) is 50.6 Å². The highest BCUT2D eigenvalue weighted by molar-refractivity contribution is 5.82. The summed E-state index contributed by atoms with van der Waals surface area (Å²) in [5.41, 5.74) is 1.85. The molecule has 6 heteroatoms. The third kappa shape index (κ3) is 4.65. The van der Waals surface area contributed by atoms with E-state index < -0.39 is 5.60 Å². The third-order valence-electron chi connectivity index (χ3n) is 4.03. The zero-order valence-electron chi connectivity index (χ0n) is 16.2. The van der Waals surface area contributed by atoms with Gasteiger partial charge in [-0.1, -0.05) is 13.8 Å². The van der Waals surface area contributed by atoms with E-state index in [1.54, 1.807) is 4.90 Å². The Balaban J connectivity index is 0.00000109. The number of hydrogen-bond donors (Lipinski definition) is 0. The summed E-state index contributed by atoms with van der Waals surface area (Å²) in [4.78, 5) is 16.2. The number of benzene rings is 1. The molecule has 1 amide bonds. The summed E-state index contributed by atoms with van der Waals surface area (Å²) in [5.74, 6) is 0. The molecule has 0 spiro atoms. The number of carbonyl (C=O) groups is 1. The van der Waals surface area contributed by atoms with Crippen LogP contribution in [0.25, 0.3) is 10.9 Å². The maximum absolute atomic E-state index is 12.1. The number of rotatable bonds is 1. The van der Waals surface area contributed by atoms with Gasteiger partial charge in [-0.2, -0.15) is 5.10 Å². The molecule has 0 N–H and O–H groups in total. The minimum atomic E-state index is -0.446. The Bertz CT molecular complexity index is 710. The molecule has 1 aliphatic rings. The molecule has 1 aromatic carbocycles. The molecule has 0 unspecified atom stereocenters. The summed E-state index contributed by atoms with van der Waals surface area (Å²) >= 11 is 0.